The first-order chi connectivity index (χ1) is 3.31. The maximum atomic E-state index is 4.14. The third-order valence-electron chi connectivity index (χ3n) is 0.763. The first-order valence-electron chi connectivity index (χ1n) is 2.41. The van der Waals surface area contributed by atoms with Crippen molar-refractivity contribution in [2.45, 2.75) is 6.92 Å². The molecule has 0 aromatic carbocycles. The van der Waals surface area contributed by atoms with Gasteiger partial charge in [-0.3, -0.25) is 0 Å². The van der Waals surface area contributed by atoms with E-state index in [1.807, 2.05) is 11.8 Å². The van der Waals surface area contributed by atoms with Crippen LogP contribution < -0.4 is 0 Å². The Morgan fingerprint density at radius 3 is 2.43 bits per heavy atom. The second-order valence-electron chi connectivity index (χ2n) is 1.74. The van der Waals surface area contributed by atoms with E-state index in [2.05, 4.69) is 25.8 Å². The Hall–Kier alpha value is 0.700. The molecule has 0 saturated carbocycles. The number of hydrogen-bond acceptors (Lipinski definition) is 2. The molecular formula is C5H12S2. The molecule has 1 atom stereocenters. The predicted molar refractivity (Wildman–Crippen MR) is 41.4 cm³/mol. The van der Waals surface area contributed by atoms with Gasteiger partial charge in [0.15, 0.2) is 0 Å². The van der Waals surface area contributed by atoms with Crippen molar-refractivity contribution in [2.75, 3.05) is 17.8 Å². The molecule has 0 radical (unpaired) electrons. The molecule has 0 spiro atoms. The zero-order valence-electron chi connectivity index (χ0n) is 4.85. The lowest BCUT2D eigenvalue weighted by Gasteiger charge is -2.01. The van der Waals surface area contributed by atoms with Crippen LogP contribution in [0.1, 0.15) is 6.92 Å². The predicted octanol–water partition coefficient (Wildman–Crippen LogP) is 1.92. The van der Waals surface area contributed by atoms with E-state index < -0.39 is 0 Å². The van der Waals surface area contributed by atoms with Crippen molar-refractivity contribution in [2.24, 2.45) is 5.92 Å². The molecule has 0 fully saturated rings. The van der Waals surface area contributed by atoms with Gasteiger partial charge in [0.25, 0.3) is 0 Å². The van der Waals surface area contributed by atoms with Gasteiger partial charge in [-0.1, -0.05) is 6.92 Å². The minimum absolute atomic E-state index is 0.776. The van der Waals surface area contributed by atoms with Gasteiger partial charge in [-0.25, -0.2) is 0 Å². The zero-order chi connectivity index (χ0) is 5.70. The maximum absolute atomic E-state index is 4.14. The summed E-state index contributed by atoms with van der Waals surface area (Å²) in [4.78, 5) is 0. The monoisotopic (exact) mass is 136 g/mol. The molecule has 0 amide bonds. The summed E-state index contributed by atoms with van der Waals surface area (Å²) in [7, 11) is 0. The van der Waals surface area contributed by atoms with Crippen molar-refractivity contribution in [1.82, 2.24) is 0 Å². The molecule has 0 N–H and O–H groups in total. The highest BCUT2D eigenvalue weighted by molar-refractivity contribution is 7.98. The average Bonchev–Trinajstić information content (AvgIpc) is 1.68. The normalized spacial score (nSPS) is 14.1. The Bertz CT molecular complexity index is 37.1. The highest BCUT2D eigenvalue weighted by atomic mass is 32.2. The summed E-state index contributed by atoms with van der Waals surface area (Å²) in [5, 5.41) is 0. The summed E-state index contributed by atoms with van der Waals surface area (Å²) in [6.07, 6.45) is 2.12. The molecule has 0 aliphatic carbocycles. The molecule has 44 valence electrons. The van der Waals surface area contributed by atoms with Gasteiger partial charge < -0.3 is 0 Å². The number of hydrogen-bond donors (Lipinski definition) is 1. The molecule has 0 heterocycles. The van der Waals surface area contributed by atoms with Gasteiger partial charge in [0, 0.05) is 0 Å². The summed E-state index contributed by atoms with van der Waals surface area (Å²) in [5.41, 5.74) is 0. The fourth-order valence-electron chi connectivity index (χ4n) is 0.337. The molecule has 1 unspecified atom stereocenters. The van der Waals surface area contributed by atoms with Gasteiger partial charge in [0.2, 0.25) is 0 Å². The van der Waals surface area contributed by atoms with Gasteiger partial charge >= 0.3 is 0 Å². The second-order valence-corrected chi connectivity index (χ2v) is 3.02. The van der Waals surface area contributed by atoms with E-state index in [0.29, 0.717) is 0 Å². The van der Waals surface area contributed by atoms with E-state index in [-0.39, 0.29) is 0 Å². The van der Waals surface area contributed by atoms with Crippen molar-refractivity contribution < 1.29 is 0 Å². The summed E-state index contributed by atoms with van der Waals surface area (Å²) in [5.74, 6) is 3.03. The van der Waals surface area contributed by atoms with Crippen LogP contribution in [0.15, 0.2) is 0 Å². The van der Waals surface area contributed by atoms with Crippen LogP contribution in [0, 0.1) is 5.92 Å². The van der Waals surface area contributed by atoms with Crippen LogP contribution in [0.2, 0.25) is 0 Å². The van der Waals surface area contributed by atoms with E-state index >= 15 is 0 Å². The Balaban J connectivity index is 2.83. The third kappa shape index (κ3) is 4.56. The molecule has 0 rings (SSSR count). The van der Waals surface area contributed by atoms with E-state index in [1.165, 1.54) is 5.75 Å². The van der Waals surface area contributed by atoms with Crippen LogP contribution in [0.3, 0.4) is 0 Å². The van der Waals surface area contributed by atoms with Gasteiger partial charge in [-0.05, 0) is 23.7 Å². The van der Waals surface area contributed by atoms with Crippen molar-refractivity contribution in [3.63, 3.8) is 0 Å². The largest absolute Gasteiger partial charge is 0.179 e. The van der Waals surface area contributed by atoms with Crippen LogP contribution in [0.4, 0.5) is 0 Å². The lowest BCUT2D eigenvalue weighted by atomic mass is 10.3. The Morgan fingerprint density at radius 1 is 1.71 bits per heavy atom. The first-order valence-corrected chi connectivity index (χ1v) is 4.43. The van der Waals surface area contributed by atoms with E-state index in [1.54, 1.807) is 0 Å². The quantitative estimate of drug-likeness (QED) is 0.578. The molecule has 7 heavy (non-hydrogen) atoms. The van der Waals surface area contributed by atoms with Gasteiger partial charge in [0.1, 0.15) is 0 Å². The molecule has 2 heteroatoms. The van der Waals surface area contributed by atoms with E-state index in [4.69, 9.17) is 0 Å². The van der Waals surface area contributed by atoms with Crippen LogP contribution in [0.25, 0.3) is 0 Å². The standard InChI is InChI=1S/C5H12S2/c1-5(3-6)4-7-2/h5-6H,3-4H2,1-2H3. The third-order valence-corrected chi connectivity index (χ3v) is 2.29. The smallest absolute Gasteiger partial charge is 0.00368 e. The van der Waals surface area contributed by atoms with E-state index in [9.17, 15) is 0 Å². The maximum Gasteiger partial charge on any atom is -0.00368 e. The van der Waals surface area contributed by atoms with Gasteiger partial charge in [0.05, 0.1) is 0 Å². The highest BCUT2D eigenvalue weighted by Gasteiger charge is 1.93. The molecule has 0 aliphatic heterocycles. The molecule has 0 saturated heterocycles. The van der Waals surface area contributed by atoms with E-state index in [0.717, 1.165) is 11.7 Å². The van der Waals surface area contributed by atoms with Crippen molar-refractivity contribution >= 4 is 24.4 Å². The van der Waals surface area contributed by atoms with Gasteiger partial charge in [-0.2, -0.15) is 24.4 Å². The Labute approximate surface area is 55.5 Å². The number of thioether (sulfide) groups is 1. The minimum atomic E-state index is 0.776. The van der Waals surface area contributed by atoms with Crippen molar-refractivity contribution in [3.8, 4) is 0 Å². The van der Waals surface area contributed by atoms with Crippen LogP contribution in [-0.4, -0.2) is 17.8 Å². The topological polar surface area (TPSA) is 0 Å². The van der Waals surface area contributed by atoms with Crippen LogP contribution >= 0.6 is 24.4 Å². The molecule has 0 aromatic rings. The molecule has 0 bridgehead atoms. The fourth-order valence-corrected chi connectivity index (χ4v) is 1.33. The molecule has 0 aliphatic rings. The molecular weight excluding hydrogens is 124 g/mol. The van der Waals surface area contributed by atoms with Gasteiger partial charge in [-0.15, -0.1) is 0 Å². The summed E-state index contributed by atoms with van der Waals surface area (Å²) >= 11 is 6.02. The molecule has 0 nitrogen and oxygen atoms in total. The molecule has 0 aromatic heterocycles. The highest BCUT2D eigenvalue weighted by Crippen LogP contribution is 2.04. The number of thiol groups is 1. The minimum Gasteiger partial charge on any atom is -0.179 e. The van der Waals surface area contributed by atoms with Crippen LogP contribution in [-0.2, 0) is 0 Å². The SMILES string of the molecule is CSCC(C)CS. The lowest BCUT2D eigenvalue weighted by molar-refractivity contribution is 0.768. The van der Waals surface area contributed by atoms with Crippen LogP contribution in [0.5, 0.6) is 0 Å². The first kappa shape index (κ1) is 7.70. The Kier molecular flexibility index (Phi) is 5.33. The fraction of sp³-hybridized carbons (Fsp3) is 1.00. The zero-order valence-corrected chi connectivity index (χ0v) is 6.56. The van der Waals surface area contributed by atoms with Crippen molar-refractivity contribution in [1.29, 1.82) is 0 Å². The Morgan fingerprint density at radius 2 is 2.29 bits per heavy atom. The van der Waals surface area contributed by atoms with Crippen molar-refractivity contribution in [3.05, 3.63) is 0 Å². The summed E-state index contributed by atoms with van der Waals surface area (Å²) in [6, 6.07) is 0. The lowest BCUT2D eigenvalue weighted by Crippen LogP contribution is -1.97. The average molecular weight is 136 g/mol. The number of rotatable bonds is 3. The summed E-state index contributed by atoms with van der Waals surface area (Å²) < 4.78 is 0. The summed E-state index contributed by atoms with van der Waals surface area (Å²) in [6.45, 7) is 2.21. The second kappa shape index (κ2) is 4.85.